The molecule has 0 aliphatic rings. The van der Waals surface area contributed by atoms with Crippen LogP contribution in [0, 0.1) is 18.6 Å². The van der Waals surface area contributed by atoms with Crippen LogP contribution < -0.4 is 5.32 Å². The Labute approximate surface area is 136 Å². The smallest absolute Gasteiger partial charge is 0.145 e. The molecule has 0 radical (unpaired) electrons. The van der Waals surface area contributed by atoms with Crippen LogP contribution in [0.5, 0.6) is 0 Å². The first-order chi connectivity index (χ1) is 9.95. The molecule has 0 bridgehead atoms. The summed E-state index contributed by atoms with van der Waals surface area (Å²) in [5, 5.41) is 3.67. The zero-order chi connectivity index (χ0) is 15.6. The van der Waals surface area contributed by atoms with Crippen LogP contribution >= 0.6 is 27.5 Å². The molecule has 112 valence electrons. The molecule has 0 spiro atoms. The molecule has 0 saturated heterocycles. The summed E-state index contributed by atoms with van der Waals surface area (Å²) in [4.78, 5) is 0. The van der Waals surface area contributed by atoms with Crippen molar-refractivity contribution in [1.29, 1.82) is 0 Å². The predicted octanol–water partition coefficient (Wildman–Crippen LogP) is 5.39. The van der Waals surface area contributed by atoms with Crippen LogP contribution in [0.4, 0.5) is 8.78 Å². The first-order valence-electron chi connectivity index (χ1n) is 6.58. The molecular weight excluding hydrogens is 360 g/mol. The Hall–Kier alpha value is -0.970. The van der Waals surface area contributed by atoms with Gasteiger partial charge in [0.2, 0.25) is 0 Å². The second-order valence-corrected chi connectivity index (χ2v) is 6.04. The summed E-state index contributed by atoms with van der Waals surface area (Å²) in [5.41, 5.74) is 1.68. The van der Waals surface area contributed by atoms with E-state index in [1.807, 2.05) is 19.9 Å². The van der Waals surface area contributed by atoms with Gasteiger partial charge in [0.25, 0.3) is 0 Å². The van der Waals surface area contributed by atoms with E-state index in [0.29, 0.717) is 11.6 Å². The normalized spacial score (nSPS) is 12.5. The van der Waals surface area contributed by atoms with Crippen molar-refractivity contribution < 1.29 is 8.78 Å². The van der Waals surface area contributed by atoms with E-state index >= 15 is 0 Å². The summed E-state index contributed by atoms with van der Waals surface area (Å²) < 4.78 is 28.8. The number of aryl methyl sites for hydroxylation is 1. The number of nitrogens with one attached hydrogen (secondary N) is 1. The van der Waals surface area contributed by atoms with Crippen LogP contribution in [0.25, 0.3) is 0 Å². The zero-order valence-corrected chi connectivity index (χ0v) is 14.0. The average molecular weight is 375 g/mol. The van der Waals surface area contributed by atoms with Gasteiger partial charge in [-0.05, 0) is 64.8 Å². The molecule has 0 aliphatic carbocycles. The van der Waals surface area contributed by atoms with Gasteiger partial charge < -0.3 is 5.32 Å². The van der Waals surface area contributed by atoms with Crippen LogP contribution in [0.15, 0.2) is 34.8 Å². The van der Waals surface area contributed by atoms with Crippen LogP contribution in [0.2, 0.25) is 5.02 Å². The second-order valence-electron chi connectivity index (χ2n) is 4.75. The molecular formula is C16H15BrClF2N. The zero-order valence-electron chi connectivity index (χ0n) is 11.7. The molecule has 2 rings (SSSR count). The van der Waals surface area contributed by atoms with Gasteiger partial charge in [0.05, 0.1) is 10.5 Å². The summed E-state index contributed by atoms with van der Waals surface area (Å²) in [6.45, 7) is 4.35. The fourth-order valence-electron chi connectivity index (χ4n) is 2.30. The third-order valence-corrected chi connectivity index (χ3v) is 4.18. The van der Waals surface area contributed by atoms with Gasteiger partial charge in [-0.2, -0.15) is 0 Å². The van der Waals surface area contributed by atoms with Crippen molar-refractivity contribution in [3.8, 4) is 0 Å². The third kappa shape index (κ3) is 3.44. The monoisotopic (exact) mass is 373 g/mol. The van der Waals surface area contributed by atoms with Gasteiger partial charge in [-0.15, -0.1) is 0 Å². The minimum absolute atomic E-state index is 0.00316. The van der Waals surface area contributed by atoms with E-state index < -0.39 is 17.7 Å². The number of rotatable bonds is 4. The summed E-state index contributed by atoms with van der Waals surface area (Å²) in [6.07, 6.45) is 0. The highest BCUT2D eigenvalue weighted by molar-refractivity contribution is 9.10. The topological polar surface area (TPSA) is 12.0 Å². The lowest BCUT2D eigenvalue weighted by molar-refractivity contribution is 0.506. The van der Waals surface area contributed by atoms with Crippen LogP contribution in [0.1, 0.15) is 29.7 Å². The van der Waals surface area contributed by atoms with Gasteiger partial charge in [0.15, 0.2) is 0 Å². The van der Waals surface area contributed by atoms with Gasteiger partial charge in [-0.3, -0.25) is 0 Å². The van der Waals surface area contributed by atoms with Crippen LogP contribution in [-0.4, -0.2) is 6.54 Å². The quantitative estimate of drug-likeness (QED) is 0.708. The maximum Gasteiger partial charge on any atom is 0.145 e. The van der Waals surface area contributed by atoms with Crippen molar-refractivity contribution in [2.75, 3.05) is 6.54 Å². The maximum atomic E-state index is 14.4. The Morgan fingerprint density at radius 2 is 1.95 bits per heavy atom. The largest absolute Gasteiger partial charge is 0.306 e. The first kappa shape index (κ1) is 16.4. The lowest BCUT2D eigenvalue weighted by atomic mass is 9.94. The fraction of sp³-hybridized carbons (Fsp3) is 0.250. The highest BCUT2D eigenvalue weighted by Gasteiger charge is 2.24. The van der Waals surface area contributed by atoms with E-state index in [4.69, 9.17) is 11.6 Å². The minimum atomic E-state index is -0.597. The molecule has 2 aromatic rings. The summed E-state index contributed by atoms with van der Waals surface area (Å²) in [7, 11) is 0. The van der Waals surface area contributed by atoms with E-state index in [0.717, 1.165) is 11.1 Å². The Balaban J connectivity index is 2.64. The lowest BCUT2D eigenvalue weighted by Crippen LogP contribution is -2.25. The van der Waals surface area contributed by atoms with Crippen molar-refractivity contribution in [1.82, 2.24) is 5.32 Å². The fourth-order valence-corrected chi connectivity index (χ4v) is 2.83. The molecule has 2 aromatic carbocycles. The Morgan fingerprint density at radius 3 is 2.62 bits per heavy atom. The third-order valence-electron chi connectivity index (χ3n) is 3.33. The van der Waals surface area contributed by atoms with E-state index in [9.17, 15) is 8.78 Å². The first-order valence-corrected chi connectivity index (χ1v) is 7.75. The molecule has 1 unspecified atom stereocenters. The van der Waals surface area contributed by atoms with E-state index in [-0.39, 0.29) is 10.0 Å². The molecule has 0 heterocycles. The molecule has 0 aliphatic heterocycles. The number of hydrogen-bond acceptors (Lipinski definition) is 1. The summed E-state index contributed by atoms with van der Waals surface area (Å²) in [5.74, 6) is -1.18. The molecule has 1 N–H and O–H groups in total. The highest BCUT2D eigenvalue weighted by Crippen LogP contribution is 2.33. The van der Waals surface area contributed by atoms with Gasteiger partial charge >= 0.3 is 0 Å². The van der Waals surface area contributed by atoms with Crippen LogP contribution in [0.3, 0.4) is 0 Å². The molecule has 0 fully saturated rings. The van der Waals surface area contributed by atoms with Crippen molar-refractivity contribution in [3.63, 3.8) is 0 Å². The number of hydrogen-bond donors (Lipinski definition) is 1. The molecule has 21 heavy (non-hydrogen) atoms. The standard InChI is InChI=1S/C16H15BrClF2N/c1-3-21-16(11-8-10(18)5-4-9(11)2)14-13(19)7-6-12(17)15(14)20/h4-8,16,21H,3H2,1-2H3. The van der Waals surface area contributed by atoms with Crippen molar-refractivity contribution in [2.24, 2.45) is 0 Å². The summed E-state index contributed by atoms with van der Waals surface area (Å²) >= 11 is 9.14. The van der Waals surface area contributed by atoms with Crippen LogP contribution in [-0.2, 0) is 0 Å². The Bertz CT molecular complexity index is 661. The highest BCUT2D eigenvalue weighted by atomic mass is 79.9. The molecule has 0 amide bonds. The predicted molar refractivity (Wildman–Crippen MR) is 85.8 cm³/mol. The average Bonchev–Trinajstić information content (AvgIpc) is 2.45. The van der Waals surface area contributed by atoms with Gasteiger partial charge in [0, 0.05) is 10.6 Å². The van der Waals surface area contributed by atoms with Gasteiger partial charge in [-0.25, -0.2) is 8.78 Å². The van der Waals surface area contributed by atoms with Gasteiger partial charge in [0.1, 0.15) is 11.6 Å². The van der Waals surface area contributed by atoms with Crippen molar-refractivity contribution in [2.45, 2.75) is 19.9 Å². The van der Waals surface area contributed by atoms with Crippen molar-refractivity contribution >= 4 is 27.5 Å². The summed E-state index contributed by atoms with van der Waals surface area (Å²) in [6, 6.07) is 7.37. The lowest BCUT2D eigenvalue weighted by Gasteiger charge is -2.22. The van der Waals surface area contributed by atoms with E-state index in [1.54, 1.807) is 12.1 Å². The molecule has 0 aromatic heterocycles. The van der Waals surface area contributed by atoms with E-state index in [1.165, 1.54) is 12.1 Å². The molecule has 0 saturated carbocycles. The number of halogens is 4. The molecule has 1 nitrogen and oxygen atoms in total. The Morgan fingerprint density at radius 1 is 1.24 bits per heavy atom. The van der Waals surface area contributed by atoms with E-state index in [2.05, 4.69) is 21.2 Å². The SMILES string of the molecule is CCNC(c1cc(Cl)ccc1C)c1c(F)ccc(Br)c1F. The number of benzene rings is 2. The molecule has 5 heteroatoms. The molecule has 1 atom stereocenters. The Kier molecular flexibility index (Phi) is 5.36. The van der Waals surface area contributed by atoms with Gasteiger partial charge in [-0.1, -0.05) is 24.6 Å². The maximum absolute atomic E-state index is 14.4. The second kappa shape index (κ2) is 6.86. The van der Waals surface area contributed by atoms with Crippen molar-refractivity contribution in [3.05, 3.63) is 68.2 Å². The minimum Gasteiger partial charge on any atom is -0.306 e.